The van der Waals surface area contributed by atoms with Crippen LogP contribution in [-0.2, 0) is 9.53 Å². The first-order valence-corrected chi connectivity index (χ1v) is 8.17. The second-order valence-electron chi connectivity index (χ2n) is 6.23. The van der Waals surface area contributed by atoms with Crippen LogP contribution in [0.1, 0.15) is 16.1 Å². The Kier molecular flexibility index (Phi) is 3.69. The van der Waals surface area contributed by atoms with Gasteiger partial charge in [0.1, 0.15) is 5.58 Å². The molecule has 3 aromatic rings. The molecule has 0 aliphatic carbocycles. The fourth-order valence-corrected chi connectivity index (χ4v) is 3.30. The average Bonchev–Trinajstić information content (AvgIpc) is 2.98. The van der Waals surface area contributed by atoms with Crippen LogP contribution in [0.3, 0.4) is 0 Å². The quantitative estimate of drug-likeness (QED) is 0.776. The molecule has 0 bridgehead atoms. The Morgan fingerprint density at radius 2 is 1.96 bits per heavy atom. The standard InChI is InChI=1S/C19H18N2O4/c1-11-13-7-6-12-4-2-3-5-14(12)17(13)25-16(11)19(23)21-8-9-24-15(10-21)18(20)22/h2-7,15H,8-10H2,1H3,(H2,20,22)/t15-/m0/s1. The summed E-state index contributed by atoms with van der Waals surface area (Å²) < 4.78 is 11.3. The number of carbonyl (C=O) groups is 2. The van der Waals surface area contributed by atoms with Crippen molar-refractivity contribution in [2.24, 2.45) is 5.73 Å². The van der Waals surface area contributed by atoms with Crippen LogP contribution in [0.15, 0.2) is 40.8 Å². The van der Waals surface area contributed by atoms with E-state index in [0.717, 1.165) is 21.7 Å². The molecule has 1 fully saturated rings. The number of amides is 2. The van der Waals surface area contributed by atoms with Gasteiger partial charge in [-0.1, -0.05) is 36.4 Å². The molecule has 0 saturated carbocycles. The zero-order valence-electron chi connectivity index (χ0n) is 13.8. The number of hydrogen-bond donors (Lipinski definition) is 1. The van der Waals surface area contributed by atoms with E-state index in [2.05, 4.69) is 0 Å². The molecule has 1 atom stereocenters. The highest BCUT2D eigenvalue weighted by Crippen LogP contribution is 2.32. The molecule has 128 valence electrons. The minimum atomic E-state index is -0.775. The van der Waals surface area contributed by atoms with Crippen LogP contribution in [0.5, 0.6) is 0 Å². The number of primary amides is 1. The molecule has 6 heteroatoms. The summed E-state index contributed by atoms with van der Waals surface area (Å²) in [6.45, 7) is 2.70. The molecule has 2 N–H and O–H groups in total. The van der Waals surface area contributed by atoms with Crippen molar-refractivity contribution in [1.29, 1.82) is 0 Å². The third kappa shape index (κ3) is 2.55. The van der Waals surface area contributed by atoms with E-state index < -0.39 is 12.0 Å². The lowest BCUT2D eigenvalue weighted by molar-refractivity contribution is -0.133. The Balaban J connectivity index is 1.76. The van der Waals surface area contributed by atoms with Gasteiger partial charge in [0.15, 0.2) is 11.9 Å². The third-order valence-corrected chi connectivity index (χ3v) is 4.69. The van der Waals surface area contributed by atoms with Crippen molar-refractivity contribution in [1.82, 2.24) is 4.90 Å². The van der Waals surface area contributed by atoms with E-state index in [4.69, 9.17) is 14.9 Å². The van der Waals surface area contributed by atoms with Crippen molar-refractivity contribution in [2.75, 3.05) is 19.7 Å². The number of ether oxygens (including phenoxy) is 1. The van der Waals surface area contributed by atoms with E-state index in [0.29, 0.717) is 17.9 Å². The number of furan rings is 1. The fraction of sp³-hybridized carbons (Fsp3) is 0.263. The minimum Gasteiger partial charge on any atom is -0.450 e. The molecular weight excluding hydrogens is 320 g/mol. The zero-order valence-corrected chi connectivity index (χ0v) is 13.8. The number of fused-ring (bicyclic) bond motifs is 3. The normalized spacial score (nSPS) is 18.0. The van der Waals surface area contributed by atoms with Crippen LogP contribution >= 0.6 is 0 Å². The van der Waals surface area contributed by atoms with Gasteiger partial charge >= 0.3 is 0 Å². The van der Waals surface area contributed by atoms with Gasteiger partial charge in [0.25, 0.3) is 5.91 Å². The number of hydrogen-bond acceptors (Lipinski definition) is 4. The van der Waals surface area contributed by atoms with Crippen LogP contribution in [-0.4, -0.2) is 42.5 Å². The summed E-state index contributed by atoms with van der Waals surface area (Å²) in [5, 5.41) is 2.95. The second-order valence-corrected chi connectivity index (χ2v) is 6.23. The summed E-state index contributed by atoms with van der Waals surface area (Å²) in [4.78, 5) is 25.8. The number of morpholine rings is 1. The first-order valence-electron chi connectivity index (χ1n) is 8.17. The molecule has 2 amide bonds. The van der Waals surface area contributed by atoms with Gasteiger partial charge in [-0.3, -0.25) is 9.59 Å². The molecule has 6 nitrogen and oxygen atoms in total. The average molecular weight is 338 g/mol. The molecule has 1 aromatic heterocycles. The maximum absolute atomic E-state index is 12.9. The van der Waals surface area contributed by atoms with Crippen molar-refractivity contribution in [3.63, 3.8) is 0 Å². The SMILES string of the molecule is Cc1c(C(=O)N2CCO[C@H](C(N)=O)C2)oc2c1ccc1ccccc12. The van der Waals surface area contributed by atoms with Gasteiger partial charge in [-0.15, -0.1) is 0 Å². The lowest BCUT2D eigenvalue weighted by atomic mass is 10.1. The molecule has 0 spiro atoms. The lowest BCUT2D eigenvalue weighted by Gasteiger charge is -2.30. The molecule has 1 aliphatic rings. The highest BCUT2D eigenvalue weighted by molar-refractivity contribution is 6.09. The Hall–Kier alpha value is -2.86. The number of carbonyl (C=O) groups excluding carboxylic acids is 2. The van der Waals surface area contributed by atoms with Crippen LogP contribution in [0.2, 0.25) is 0 Å². The van der Waals surface area contributed by atoms with Crippen LogP contribution in [0, 0.1) is 6.92 Å². The maximum atomic E-state index is 12.9. The van der Waals surface area contributed by atoms with Crippen molar-refractivity contribution < 1.29 is 18.7 Å². The lowest BCUT2D eigenvalue weighted by Crippen LogP contribution is -2.50. The van der Waals surface area contributed by atoms with Crippen molar-refractivity contribution >= 4 is 33.6 Å². The van der Waals surface area contributed by atoms with E-state index in [9.17, 15) is 9.59 Å². The zero-order chi connectivity index (χ0) is 17.6. The summed E-state index contributed by atoms with van der Waals surface area (Å²) in [5.74, 6) is -0.506. The summed E-state index contributed by atoms with van der Waals surface area (Å²) in [6.07, 6.45) is -0.775. The number of rotatable bonds is 2. The van der Waals surface area contributed by atoms with E-state index in [1.807, 2.05) is 43.3 Å². The fourth-order valence-electron chi connectivity index (χ4n) is 3.30. The smallest absolute Gasteiger partial charge is 0.290 e. The molecule has 2 heterocycles. The highest BCUT2D eigenvalue weighted by Gasteiger charge is 2.31. The van der Waals surface area contributed by atoms with Gasteiger partial charge in [0.05, 0.1) is 13.2 Å². The Bertz CT molecular complexity index is 992. The third-order valence-electron chi connectivity index (χ3n) is 4.69. The first-order chi connectivity index (χ1) is 12.1. The van der Waals surface area contributed by atoms with E-state index in [1.54, 1.807) is 4.90 Å². The van der Waals surface area contributed by atoms with E-state index in [1.165, 1.54) is 0 Å². The van der Waals surface area contributed by atoms with Gasteiger partial charge in [0, 0.05) is 22.9 Å². The Morgan fingerprint density at radius 3 is 2.76 bits per heavy atom. The second kappa shape index (κ2) is 5.89. The van der Waals surface area contributed by atoms with Crippen LogP contribution in [0.4, 0.5) is 0 Å². The molecule has 0 radical (unpaired) electrons. The first kappa shape index (κ1) is 15.7. The largest absolute Gasteiger partial charge is 0.450 e. The monoisotopic (exact) mass is 338 g/mol. The molecular formula is C19H18N2O4. The molecule has 2 aromatic carbocycles. The van der Waals surface area contributed by atoms with Gasteiger partial charge in [-0.25, -0.2) is 0 Å². The predicted molar refractivity (Wildman–Crippen MR) is 93.3 cm³/mol. The van der Waals surface area contributed by atoms with Crippen molar-refractivity contribution in [3.8, 4) is 0 Å². The molecule has 1 aliphatic heterocycles. The minimum absolute atomic E-state index is 0.144. The predicted octanol–water partition coefficient (Wildman–Crippen LogP) is 2.22. The van der Waals surface area contributed by atoms with Crippen LogP contribution in [0.25, 0.3) is 21.7 Å². The van der Waals surface area contributed by atoms with Crippen molar-refractivity contribution in [3.05, 3.63) is 47.7 Å². The summed E-state index contributed by atoms with van der Waals surface area (Å²) in [6, 6.07) is 11.9. The topological polar surface area (TPSA) is 85.8 Å². The summed E-state index contributed by atoms with van der Waals surface area (Å²) >= 11 is 0. The van der Waals surface area contributed by atoms with E-state index in [-0.39, 0.29) is 19.1 Å². The van der Waals surface area contributed by atoms with Crippen LogP contribution < -0.4 is 5.73 Å². The van der Waals surface area contributed by atoms with Gasteiger partial charge in [-0.05, 0) is 12.3 Å². The Morgan fingerprint density at radius 1 is 1.16 bits per heavy atom. The van der Waals surface area contributed by atoms with E-state index >= 15 is 0 Å². The molecule has 1 saturated heterocycles. The number of benzene rings is 2. The molecule has 0 unspecified atom stereocenters. The van der Waals surface area contributed by atoms with Gasteiger partial charge in [0.2, 0.25) is 5.91 Å². The number of nitrogens with zero attached hydrogens (tertiary/aromatic N) is 1. The van der Waals surface area contributed by atoms with Crippen molar-refractivity contribution in [2.45, 2.75) is 13.0 Å². The maximum Gasteiger partial charge on any atom is 0.290 e. The number of nitrogens with two attached hydrogens (primary N) is 1. The summed E-state index contributed by atoms with van der Waals surface area (Å²) in [7, 11) is 0. The number of aryl methyl sites for hydroxylation is 1. The van der Waals surface area contributed by atoms with Gasteiger partial charge < -0.3 is 19.8 Å². The molecule has 25 heavy (non-hydrogen) atoms. The van der Waals surface area contributed by atoms with Gasteiger partial charge in [-0.2, -0.15) is 0 Å². The summed E-state index contributed by atoms with van der Waals surface area (Å²) in [5.41, 5.74) is 6.80. The highest BCUT2D eigenvalue weighted by atomic mass is 16.5. The molecule has 4 rings (SSSR count). The Labute approximate surface area is 144 Å².